The predicted octanol–water partition coefficient (Wildman–Crippen LogP) is 0.250. The summed E-state index contributed by atoms with van der Waals surface area (Å²) in [4.78, 5) is 38.6. The molecule has 32 heavy (non-hydrogen) atoms. The fourth-order valence-electron chi connectivity index (χ4n) is 4.22. The summed E-state index contributed by atoms with van der Waals surface area (Å²) in [6.45, 7) is 2.34. The molecule has 4 rings (SSSR count). The summed E-state index contributed by atoms with van der Waals surface area (Å²) in [6, 6.07) is 10.9. The summed E-state index contributed by atoms with van der Waals surface area (Å²) in [5.41, 5.74) is 0.898. The van der Waals surface area contributed by atoms with Crippen LogP contribution in [-0.2, 0) is 19.6 Å². The monoisotopic (exact) mass is 460 g/mol. The molecule has 2 aromatic carbocycles. The Morgan fingerprint density at radius 3 is 2.25 bits per heavy atom. The molecule has 2 aliphatic rings. The quantitative estimate of drug-likeness (QED) is 0.510. The molecule has 2 aromatic rings. The highest BCUT2D eigenvalue weighted by molar-refractivity contribution is 7.89. The fraction of sp³-hybridized carbons (Fsp3) is 0.318. The lowest BCUT2D eigenvalue weighted by molar-refractivity contribution is -0.918. The number of piperazine rings is 1. The standard InChI is InChI=1S/C22H22FN3O5S/c1-15(27)16-6-8-17(9-7-16)26-21(28)14-19(22(26)29)24-10-12-25(13-11-24)32(30,31)20-5-3-2-4-18(20)23/h2-9,19H,10-14H2,1H3/p+1/t19-/m1/s1. The number of amides is 2. The number of hydrogen-bond donors (Lipinski definition) is 1. The van der Waals surface area contributed by atoms with E-state index in [1.165, 1.54) is 29.4 Å². The van der Waals surface area contributed by atoms with E-state index in [0.29, 0.717) is 24.3 Å². The zero-order valence-corrected chi connectivity index (χ0v) is 18.3. The van der Waals surface area contributed by atoms with Crippen molar-refractivity contribution < 1.29 is 32.1 Å². The highest BCUT2D eigenvalue weighted by atomic mass is 32.2. The maximum Gasteiger partial charge on any atom is 0.292 e. The van der Waals surface area contributed by atoms with E-state index in [-0.39, 0.29) is 42.0 Å². The van der Waals surface area contributed by atoms with E-state index in [9.17, 15) is 27.2 Å². The van der Waals surface area contributed by atoms with Crippen LogP contribution in [0.5, 0.6) is 0 Å². The second-order valence-electron chi connectivity index (χ2n) is 7.92. The van der Waals surface area contributed by atoms with Crippen molar-refractivity contribution >= 4 is 33.3 Å². The van der Waals surface area contributed by atoms with Crippen molar-refractivity contribution in [1.29, 1.82) is 0 Å². The van der Waals surface area contributed by atoms with Gasteiger partial charge in [0.05, 0.1) is 38.3 Å². The molecule has 2 saturated heterocycles. The van der Waals surface area contributed by atoms with Crippen LogP contribution in [0.25, 0.3) is 0 Å². The Labute approximate surface area is 185 Å². The lowest BCUT2D eigenvalue weighted by atomic mass is 10.1. The summed E-state index contributed by atoms with van der Waals surface area (Å²) in [7, 11) is -3.97. The Bertz CT molecular complexity index is 1170. The first-order valence-corrected chi connectivity index (χ1v) is 11.7. The number of carbonyl (C=O) groups is 3. The van der Waals surface area contributed by atoms with Gasteiger partial charge in [0.25, 0.3) is 5.91 Å². The molecular formula is C22H23FN3O5S+. The lowest BCUT2D eigenvalue weighted by Gasteiger charge is -2.33. The van der Waals surface area contributed by atoms with E-state index in [4.69, 9.17) is 0 Å². The molecule has 0 aliphatic carbocycles. The second-order valence-corrected chi connectivity index (χ2v) is 9.83. The maximum absolute atomic E-state index is 14.0. The van der Waals surface area contributed by atoms with Crippen LogP contribution in [0.15, 0.2) is 53.4 Å². The third-order valence-electron chi connectivity index (χ3n) is 5.99. The first-order chi connectivity index (χ1) is 15.2. The van der Waals surface area contributed by atoms with Crippen molar-refractivity contribution in [3.05, 3.63) is 59.9 Å². The fourth-order valence-corrected chi connectivity index (χ4v) is 5.73. The van der Waals surface area contributed by atoms with Gasteiger partial charge < -0.3 is 4.90 Å². The van der Waals surface area contributed by atoms with Gasteiger partial charge in [-0.15, -0.1) is 0 Å². The van der Waals surface area contributed by atoms with E-state index in [1.807, 2.05) is 0 Å². The summed E-state index contributed by atoms with van der Waals surface area (Å²) < 4.78 is 40.8. The van der Waals surface area contributed by atoms with Crippen LogP contribution in [-0.4, -0.2) is 62.5 Å². The van der Waals surface area contributed by atoms with Crippen LogP contribution in [0.3, 0.4) is 0 Å². The van der Waals surface area contributed by atoms with Crippen LogP contribution in [0.1, 0.15) is 23.7 Å². The molecule has 0 spiro atoms. The first kappa shape index (κ1) is 22.3. The number of nitrogens with zero attached hydrogens (tertiary/aromatic N) is 2. The molecule has 0 bridgehead atoms. The summed E-state index contributed by atoms with van der Waals surface area (Å²) in [5, 5.41) is 0. The molecule has 0 radical (unpaired) electrons. The van der Waals surface area contributed by atoms with Crippen LogP contribution in [0.2, 0.25) is 0 Å². The van der Waals surface area contributed by atoms with Gasteiger partial charge in [0, 0.05) is 5.56 Å². The Kier molecular flexibility index (Phi) is 5.93. The highest BCUT2D eigenvalue weighted by Gasteiger charge is 2.47. The molecule has 0 saturated carbocycles. The summed E-state index contributed by atoms with van der Waals surface area (Å²) >= 11 is 0. The number of anilines is 1. The average molecular weight is 461 g/mol. The molecule has 8 nitrogen and oxygen atoms in total. The largest absolute Gasteiger partial charge is 0.322 e. The summed E-state index contributed by atoms with van der Waals surface area (Å²) in [6.07, 6.45) is 0.0304. The van der Waals surface area contributed by atoms with Gasteiger partial charge in [-0.3, -0.25) is 14.4 Å². The molecule has 0 unspecified atom stereocenters. The number of halogens is 1. The van der Waals surface area contributed by atoms with Gasteiger partial charge in [0.15, 0.2) is 11.8 Å². The van der Waals surface area contributed by atoms with E-state index in [1.54, 1.807) is 24.3 Å². The minimum Gasteiger partial charge on any atom is -0.322 e. The van der Waals surface area contributed by atoms with E-state index in [0.717, 1.165) is 15.9 Å². The van der Waals surface area contributed by atoms with Gasteiger partial charge in [0.1, 0.15) is 10.7 Å². The van der Waals surface area contributed by atoms with Gasteiger partial charge >= 0.3 is 0 Å². The average Bonchev–Trinajstić information content (AvgIpc) is 3.08. The number of imide groups is 1. The smallest absolute Gasteiger partial charge is 0.292 e. The zero-order valence-electron chi connectivity index (χ0n) is 17.5. The number of sulfonamides is 1. The van der Waals surface area contributed by atoms with Crippen LogP contribution in [0, 0.1) is 5.82 Å². The molecular weight excluding hydrogens is 437 g/mol. The van der Waals surface area contributed by atoms with Gasteiger partial charge in [-0.2, -0.15) is 4.31 Å². The Morgan fingerprint density at radius 1 is 1.03 bits per heavy atom. The van der Waals surface area contributed by atoms with E-state index >= 15 is 0 Å². The molecule has 2 heterocycles. The number of benzene rings is 2. The van der Waals surface area contributed by atoms with Gasteiger partial charge in [0.2, 0.25) is 15.9 Å². The van der Waals surface area contributed by atoms with E-state index in [2.05, 4.69) is 0 Å². The van der Waals surface area contributed by atoms with Crippen molar-refractivity contribution in [2.24, 2.45) is 0 Å². The normalized spacial score (nSPS) is 20.7. The highest BCUT2D eigenvalue weighted by Crippen LogP contribution is 2.23. The number of Topliss-reactive ketones (excluding diaryl/α,β-unsaturated/α-hetero) is 1. The topological polar surface area (TPSA) is 96.3 Å². The number of quaternary nitrogens is 1. The third-order valence-corrected chi connectivity index (χ3v) is 7.92. The first-order valence-electron chi connectivity index (χ1n) is 10.3. The second kappa shape index (κ2) is 8.53. The molecule has 2 fully saturated rings. The number of ketones is 1. The molecule has 0 aromatic heterocycles. The third kappa shape index (κ3) is 3.96. The Hall–Kier alpha value is -2.95. The van der Waals surface area contributed by atoms with Crippen LogP contribution >= 0.6 is 0 Å². The summed E-state index contributed by atoms with van der Waals surface area (Å²) in [5.74, 6) is -1.58. The van der Waals surface area contributed by atoms with Gasteiger partial charge in [-0.1, -0.05) is 12.1 Å². The van der Waals surface area contributed by atoms with Crippen molar-refractivity contribution in [3.63, 3.8) is 0 Å². The molecule has 10 heteroatoms. The van der Waals surface area contributed by atoms with Crippen molar-refractivity contribution in [2.75, 3.05) is 31.1 Å². The lowest BCUT2D eigenvalue weighted by Crippen LogP contribution is -3.19. The van der Waals surface area contributed by atoms with Crippen molar-refractivity contribution in [2.45, 2.75) is 24.3 Å². The minimum atomic E-state index is -3.97. The Balaban J connectivity index is 1.45. The minimum absolute atomic E-state index is 0.0304. The number of hydrogen-bond acceptors (Lipinski definition) is 5. The molecule has 1 N–H and O–H groups in total. The van der Waals surface area contributed by atoms with Crippen LogP contribution < -0.4 is 9.80 Å². The van der Waals surface area contributed by atoms with Crippen molar-refractivity contribution in [3.8, 4) is 0 Å². The van der Waals surface area contributed by atoms with Gasteiger partial charge in [-0.25, -0.2) is 17.7 Å². The molecule has 2 aliphatic heterocycles. The number of rotatable bonds is 5. The zero-order chi connectivity index (χ0) is 23.0. The molecule has 1 atom stereocenters. The number of carbonyl (C=O) groups excluding carboxylic acids is 3. The van der Waals surface area contributed by atoms with Crippen molar-refractivity contribution in [1.82, 2.24) is 4.31 Å². The molecule has 168 valence electrons. The maximum atomic E-state index is 14.0. The van der Waals surface area contributed by atoms with Gasteiger partial charge in [-0.05, 0) is 43.3 Å². The SMILES string of the molecule is CC(=O)c1ccc(N2C(=O)C[C@@H]([NH+]3CCN(S(=O)(=O)c4ccccc4F)CC3)C2=O)cc1. The Morgan fingerprint density at radius 2 is 1.66 bits per heavy atom. The van der Waals surface area contributed by atoms with E-state index < -0.39 is 21.9 Å². The predicted molar refractivity (Wildman–Crippen MR) is 113 cm³/mol. The number of nitrogens with one attached hydrogen (secondary N) is 1. The van der Waals surface area contributed by atoms with Crippen LogP contribution in [0.4, 0.5) is 10.1 Å². The molecule has 2 amide bonds.